The third-order valence-corrected chi connectivity index (χ3v) is 3.07. The number of nitrogens with one attached hydrogen (secondary N) is 3. The van der Waals surface area contributed by atoms with E-state index in [0.29, 0.717) is 0 Å². The maximum atomic E-state index is 4.36. The second-order valence-electron chi connectivity index (χ2n) is 4.15. The highest BCUT2D eigenvalue weighted by atomic mass is 15.2. The first kappa shape index (κ1) is 9.66. The van der Waals surface area contributed by atoms with Gasteiger partial charge >= 0.3 is 0 Å². The van der Waals surface area contributed by atoms with E-state index in [9.17, 15) is 0 Å². The van der Waals surface area contributed by atoms with E-state index in [4.69, 9.17) is 0 Å². The van der Waals surface area contributed by atoms with Gasteiger partial charge in [0, 0.05) is 18.8 Å². The average molecular weight is 216 g/mol. The van der Waals surface area contributed by atoms with Crippen LogP contribution in [0.5, 0.6) is 0 Å². The van der Waals surface area contributed by atoms with E-state index in [2.05, 4.69) is 39.1 Å². The van der Waals surface area contributed by atoms with Gasteiger partial charge in [-0.15, -0.1) is 0 Å². The van der Waals surface area contributed by atoms with E-state index in [1.807, 2.05) is 0 Å². The minimum absolute atomic E-state index is 0.874. The predicted octanol–water partition coefficient (Wildman–Crippen LogP) is 0.703. The van der Waals surface area contributed by atoms with Gasteiger partial charge < -0.3 is 16.0 Å². The highest BCUT2D eigenvalue weighted by molar-refractivity contribution is 5.95. The van der Waals surface area contributed by atoms with Crippen molar-refractivity contribution in [2.24, 2.45) is 4.99 Å². The summed E-state index contributed by atoms with van der Waals surface area (Å²) in [6, 6.07) is 6.42. The van der Waals surface area contributed by atoms with E-state index in [1.165, 1.54) is 16.8 Å². The fourth-order valence-corrected chi connectivity index (χ4v) is 2.26. The van der Waals surface area contributed by atoms with Crippen LogP contribution in [-0.4, -0.2) is 25.6 Å². The quantitative estimate of drug-likeness (QED) is 0.648. The molecule has 4 nitrogen and oxygen atoms in total. The second kappa shape index (κ2) is 4.14. The minimum atomic E-state index is 0.874. The maximum absolute atomic E-state index is 4.36. The van der Waals surface area contributed by atoms with Crippen LogP contribution < -0.4 is 16.0 Å². The van der Waals surface area contributed by atoms with Crippen LogP contribution in [-0.2, 0) is 13.0 Å². The van der Waals surface area contributed by atoms with Crippen molar-refractivity contribution in [3.8, 4) is 0 Å². The van der Waals surface area contributed by atoms with Crippen molar-refractivity contribution in [2.45, 2.75) is 13.0 Å². The SMILES string of the molecule is c1cc2c(c(NC3=NCCN3)c1)CCNC2. The smallest absolute Gasteiger partial charge is 0.195 e. The molecule has 84 valence electrons. The van der Waals surface area contributed by atoms with Gasteiger partial charge in [0.05, 0.1) is 6.54 Å². The maximum Gasteiger partial charge on any atom is 0.195 e. The molecule has 16 heavy (non-hydrogen) atoms. The van der Waals surface area contributed by atoms with Crippen molar-refractivity contribution >= 4 is 11.6 Å². The Balaban J connectivity index is 1.88. The van der Waals surface area contributed by atoms with Gasteiger partial charge in [0.1, 0.15) is 0 Å². The lowest BCUT2D eigenvalue weighted by atomic mass is 9.99. The summed E-state index contributed by atoms with van der Waals surface area (Å²) in [4.78, 5) is 4.36. The molecule has 3 rings (SSSR count). The summed E-state index contributed by atoms with van der Waals surface area (Å²) >= 11 is 0. The van der Waals surface area contributed by atoms with Crippen LogP contribution in [0.2, 0.25) is 0 Å². The highest BCUT2D eigenvalue weighted by Crippen LogP contribution is 2.23. The van der Waals surface area contributed by atoms with Crippen molar-refractivity contribution in [3.05, 3.63) is 29.3 Å². The summed E-state index contributed by atoms with van der Waals surface area (Å²) in [5.41, 5.74) is 4.03. The summed E-state index contributed by atoms with van der Waals surface area (Å²) in [6.07, 6.45) is 1.09. The Morgan fingerprint density at radius 2 is 2.25 bits per heavy atom. The van der Waals surface area contributed by atoms with Crippen molar-refractivity contribution in [1.29, 1.82) is 0 Å². The molecule has 0 unspecified atom stereocenters. The van der Waals surface area contributed by atoms with Crippen LogP contribution in [0.15, 0.2) is 23.2 Å². The molecular weight excluding hydrogens is 200 g/mol. The molecule has 0 aliphatic carbocycles. The van der Waals surface area contributed by atoms with Crippen LogP contribution in [0.4, 0.5) is 5.69 Å². The summed E-state index contributed by atoms with van der Waals surface area (Å²) in [7, 11) is 0. The molecule has 2 heterocycles. The van der Waals surface area contributed by atoms with E-state index >= 15 is 0 Å². The van der Waals surface area contributed by atoms with Crippen molar-refractivity contribution < 1.29 is 0 Å². The van der Waals surface area contributed by atoms with E-state index in [1.54, 1.807) is 0 Å². The molecule has 0 spiro atoms. The average Bonchev–Trinajstić information content (AvgIpc) is 2.82. The Kier molecular flexibility index (Phi) is 2.50. The van der Waals surface area contributed by atoms with Gasteiger partial charge in [0.25, 0.3) is 0 Å². The largest absolute Gasteiger partial charge is 0.354 e. The number of aliphatic imine (C=N–C) groups is 1. The predicted molar refractivity (Wildman–Crippen MR) is 65.8 cm³/mol. The number of anilines is 1. The zero-order valence-electron chi connectivity index (χ0n) is 9.21. The van der Waals surface area contributed by atoms with Crippen LogP contribution in [0.1, 0.15) is 11.1 Å². The van der Waals surface area contributed by atoms with Gasteiger partial charge in [-0.2, -0.15) is 0 Å². The van der Waals surface area contributed by atoms with Crippen molar-refractivity contribution in [3.63, 3.8) is 0 Å². The van der Waals surface area contributed by atoms with Crippen LogP contribution in [0.3, 0.4) is 0 Å². The molecular formula is C12H16N4. The lowest BCUT2D eigenvalue weighted by Gasteiger charge is -2.20. The Hall–Kier alpha value is -1.55. The molecule has 4 heteroatoms. The molecule has 2 aliphatic rings. The fourth-order valence-electron chi connectivity index (χ4n) is 2.26. The molecule has 1 aromatic carbocycles. The zero-order valence-corrected chi connectivity index (χ0v) is 9.21. The molecule has 0 saturated carbocycles. The van der Waals surface area contributed by atoms with Gasteiger partial charge in [0.15, 0.2) is 5.96 Å². The molecule has 0 saturated heterocycles. The number of fused-ring (bicyclic) bond motifs is 1. The van der Waals surface area contributed by atoms with Crippen LogP contribution in [0, 0.1) is 0 Å². The Labute approximate surface area is 95.2 Å². The monoisotopic (exact) mass is 216 g/mol. The number of rotatable bonds is 1. The topological polar surface area (TPSA) is 48.5 Å². The highest BCUT2D eigenvalue weighted by Gasteiger charge is 2.14. The third kappa shape index (κ3) is 1.76. The van der Waals surface area contributed by atoms with Crippen LogP contribution >= 0.6 is 0 Å². The van der Waals surface area contributed by atoms with E-state index < -0.39 is 0 Å². The molecule has 0 atom stereocenters. The Bertz CT molecular complexity index is 425. The molecule has 0 amide bonds. The summed E-state index contributed by atoms with van der Waals surface area (Å²) in [6.45, 7) is 3.86. The summed E-state index contributed by atoms with van der Waals surface area (Å²) in [5, 5.41) is 10.0. The standard InChI is InChI=1S/C12H16N4/c1-2-9-8-13-5-4-10(9)11(3-1)16-12-14-6-7-15-12/h1-3,13H,4-8H2,(H2,14,15,16). The number of hydrogen-bond donors (Lipinski definition) is 3. The molecule has 1 aromatic rings. The molecule has 0 radical (unpaired) electrons. The number of benzene rings is 1. The summed E-state index contributed by atoms with van der Waals surface area (Å²) in [5.74, 6) is 0.909. The Morgan fingerprint density at radius 1 is 1.25 bits per heavy atom. The van der Waals surface area contributed by atoms with Gasteiger partial charge in [-0.1, -0.05) is 12.1 Å². The number of nitrogens with zero attached hydrogens (tertiary/aromatic N) is 1. The first-order valence-corrected chi connectivity index (χ1v) is 5.80. The van der Waals surface area contributed by atoms with Gasteiger partial charge in [-0.3, -0.25) is 4.99 Å². The van der Waals surface area contributed by atoms with Gasteiger partial charge in [0.2, 0.25) is 0 Å². The molecule has 0 aromatic heterocycles. The van der Waals surface area contributed by atoms with E-state index in [0.717, 1.165) is 38.6 Å². The van der Waals surface area contributed by atoms with Crippen LogP contribution in [0.25, 0.3) is 0 Å². The van der Waals surface area contributed by atoms with Crippen molar-refractivity contribution in [1.82, 2.24) is 10.6 Å². The van der Waals surface area contributed by atoms with Gasteiger partial charge in [-0.25, -0.2) is 0 Å². The van der Waals surface area contributed by atoms with Gasteiger partial charge in [-0.05, 0) is 30.2 Å². The van der Waals surface area contributed by atoms with Crippen molar-refractivity contribution in [2.75, 3.05) is 25.0 Å². The fraction of sp³-hybridized carbons (Fsp3) is 0.417. The lowest BCUT2D eigenvalue weighted by molar-refractivity contribution is 0.645. The second-order valence-corrected chi connectivity index (χ2v) is 4.15. The van der Waals surface area contributed by atoms with E-state index in [-0.39, 0.29) is 0 Å². The zero-order chi connectivity index (χ0) is 10.8. The molecule has 2 aliphatic heterocycles. The molecule has 0 bridgehead atoms. The first-order chi connectivity index (χ1) is 7.93. The minimum Gasteiger partial charge on any atom is -0.354 e. The number of guanidine groups is 1. The molecule has 3 N–H and O–H groups in total. The third-order valence-electron chi connectivity index (χ3n) is 3.07. The lowest BCUT2D eigenvalue weighted by Crippen LogP contribution is -2.29. The number of hydrogen-bond acceptors (Lipinski definition) is 4. The Morgan fingerprint density at radius 3 is 3.12 bits per heavy atom. The molecule has 0 fully saturated rings. The summed E-state index contributed by atoms with van der Waals surface area (Å²) < 4.78 is 0. The first-order valence-electron chi connectivity index (χ1n) is 5.80. The normalized spacial score (nSPS) is 18.6.